The highest BCUT2D eigenvalue weighted by Gasteiger charge is 2.38. The van der Waals surface area contributed by atoms with Gasteiger partial charge in [-0.05, 0) is 24.6 Å². The normalized spacial score (nSPS) is 13.2. The van der Waals surface area contributed by atoms with Gasteiger partial charge in [0.15, 0.2) is 6.10 Å². The van der Waals surface area contributed by atoms with Crippen LogP contribution in [0.15, 0.2) is 18.2 Å². The second-order valence-corrected chi connectivity index (χ2v) is 3.67. The molecule has 1 aromatic rings. The van der Waals surface area contributed by atoms with Gasteiger partial charge in [-0.3, -0.25) is 0 Å². The largest absolute Gasteiger partial charge is 0.490 e. The van der Waals surface area contributed by atoms with Crippen LogP contribution in [0.25, 0.3) is 0 Å². The number of carbonyl (C=O) groups is 1. The quantitative estimate of drug-likeness (QED) is 0.872. The number of hydrogen-bond donors (Lipinski definition) is 2. The van der Waals surface area contributed by atoms with Gasteiger partial charge in [0.05, 0.1) is 0 Å². The molecule has 0 aliphatic heterocycles. The van der Waals surface area contributed by atoms with Crippen LogP contribution in [0.2, 0.25) is 0 Å². The summed E-state index contributed by atoms with van der Waals surface area (Å²) in [6.07, 6.45) is -7.45. The van der Waals surface area contributed by atoms with Gasteiger partial charge in [0, 0.05) is 0 Å². The summed E-state index contributed by atoms with van der Waals surface area (Å²) in [4.78, 5) is 10.8. The van der Waals surface area contributed by atoms with Crippen LogP contribution < -0.4 is 4.74 Å². The molecule has 1 unspecified atom stereocenters. The van der Waals surface area contributed by atoms with Crippen molar-refractivity contribution in [1.82, 2.24) is 0 Å². The molecule has 0 radical (unpaired) electrons. The van der Waals surface area contributed by atoms with Crippen molar-refractivity contribution < 1.29 is 32.9 Å². The molecule has 1 atom stereocenters. The van der Waals surface area contributed by atoms with E-state index in [9.17, 15) is 18.0 Å². The zero-order valence-corrected chi connectivity index (χ0v) is 9.36. The van der Waals surface area contributed by atoms with Gasteiger partial charge >= 0.3 is 12.1 Å². The van der Waals surface area contributed by atoms with E-state index in [1.807, 2.05) is 0 Å². The Bertz CT molecular complexity index is 442. The maximum absolute atomic E-state index is 12.0. The molecule has 4 nitrogen and oxygen atoms in total. The van der Waals surface area contributed by atoms with Crippen LogP contribution in [-0.4, -0.2) is 35.1 Å². The van der Waals surface area contributed by atoms with Gasteiger partial charge in [0.25, 0.3) is 0 Å². The Morgan fingerprint density at radius 3 is 2.56 bits per heavy atom. The van der Waals surface area contributed by atoms with Crippen LogP contribution in [-0.2, 0) is 0 Å². The van der Waals surface area contributed by atoms with Crippen LogP contribution in [0.4, 0.5) is 13.2 Å². The van der Waals surface area contributed by atoms with E-state index in [1.165, 1.54) is 18.2 Å². The van der Waals surface area contributed by atoms with E-state index in [4.69, 9.17) is 14.9 Å². The number of aromatic carboxylic acids is 1. The molecule has 0 aliphatic carbocycles. The topological polar surface area (TPSA) is 66.8 Å². The van der Waals surface area contributed by atoms with Crippen LogP contribution in [0.1, 0.15) is 15.9 Å². The molecular weight excluding hydrogens is 253 g/mol. The maximum atomic E-state index is 12.0. The van der Waals surface area contributed by atoms with Crippen LogP contribution in [0.3, 0.4) is 0 Å². The summed E-state index contributed by atoms with van der Waals surface area (Å²) in [5.41, 5.74) is 0.381. The van der Waals surface area contributed by atoms with Gasteiger partial charge in [-0.2, -0.15) is 13.2 Å². The van der Waals surface area contributed by atoms with E-state index < -0.39 is 24.9 Å². The lowest BCUT2D eigenvalue weighted by Crippen LogP contribution is -2.34. The van der Waals surface area contributed by atoms with Gasteiger partial charge in [0.2, 0.25) is 0 Å². The number of hydrogen-bond acceptors (Lipinski definition) is 3. The van der Waals surface area contributed by atoms with Crippen molar-refractivity contribution in [2.75, 3.05) is 6.61 Å². The van der Waals surface area contributed by atoms with Crippen LogP contribution >= 0.6 is 0 Å². The molecule has 1 aromatic carbocycles. The minimum Gasteiger partial charge on any atom is -0.490 e. The smallest absolute Gasteiger partial charge is 0.417 e. The Labute approximate surface area is 101 Å². The van der Waals surface area contributed by atoms with Crippen molar-refractivity contribution >= 4 is 5.97 Å². The SMILES string of the molecule is Cc1ccc(C(=O)O)c(OCC(O)C(F)(F)F)c1. The first-order chi connectivity index (χ1) is 8.21. The van der Waals surface area contributed by atoms with Gasteiger partial charge in [-0.25, -0.2) is 4.79 Å². The highest BCUT2D eigenvalue weighted by molar-refractivity contribution is 5.90. The minimum absolute atomic E-state index is 0.203. The van der Waals surface area contributed by atoms with Crippen molar-refractivity contribution in [2.45, 2.75) is 19.2 Å². The molecular formula is C11H11F3O4. The van der Waals surface area contributed by atoms with E-state index in [0.29, 0.717) is 5.56 Å². The number of rotatable bonds is 4. The second-order valence-electron chi connectivity index (χ2n) is 3.67. The van der Waals surface area contributed by atoms with Crippen molar-refractivity contribution in [2.24, 2.45) is 0 Å². The van der Waals surface area contributed by atoms with E-state index >= 15 is 0 Å². The zero-order valence-electron chi connectivity index (χ0n) is 9.36. The molecule has 0 aliphatic rings. The summed E-state index contributed by atoms with van der Waals surface area (Å²) >= 11 is 0. The monoisotopic (exact) mass is 264 g/mol. The predicted molar refractivity (Wildman–Crippen MR) is 55.7 cm³/mol. The maximum Gasteiger partial charge on any atom is 0.417 e. The number of alkyl halides is 3. The lowest BCUT2D eigenvalue weighted by atomic mass is 10.1. The summed E-state index contributed by atoms with van der Waals surface area (Å²) in [6, 6.07) is 4.02. The first-order valence-corrected chi connectivity index (χ1v) is 4.93. The van der Waals surface area contributed by atoms with E-state index in [0.717, 1.165) is 0 Å². The summed E-state index contributed by atoms with van der Waals surface area (Å²) in [6.45, 7) is 0.589. The van der Waals surface area contributed by atoms with Crippen molar-refractivity contribution in [3.63, 3.8) is 0 Å². The molecule has 0 aromatic heterocycles. The number of carboxylic acid groups (broad SMARTS) is 1. The fourth-order valence-electron chi connectivity index (χ4n) is 1.19. The Balaban J connectivity index is 2.84. The number of benzene rings is 1. The Morgan fingerprint density at radius 2 is 2.06 bits per heavy atom. The van der Waals surface area contributed by atoms with Crippen molar-refractivity contribution in [3.05, 3.63) is 29.3 Å². The zero-order chi connectivity index (χ0) is 13.9. The summed E-state index contributed by atoms with van der Waals surface area (Å²) in [5, 5.41) is 17.6. The lowest BCUT2D eigenvalue weighted by molar-refractivity contribution is -0.210. The van der Waals surface area contributed by atoms with Gasteiger partial charge in [-0.15, -0.1) is 0 Å². The molecule has 1 rings (SSSR count). The third-order valence-electron chi connectivity index (χ3n) is 2.14. The van der Waals surface area contributed by atoms with Crippen LogP contribution in [0, 0.1) is 6.92 Å². The number of aliphatic hydroxyl groups excluding tert-OH is 1. The molecule has 100 valence electrons. The number of carboxylic acids is 1. The molecule has 0 amide bonds. The molecule has 7 heteroatoms. The number of aryl methyl sites for hydroxylation is 1. The first-order valence-electron chi connectivity index (χ1n) is 4.93. The molecule has 18 heavy (non-hydrogen) atoms. The first kappa shape index (κ1) is 14.3. The van der Waals surface area contributed by atoms with E-state index in [1.54, 1.807) is 6.92 Å². The summed E-state index contributed by atoms with van der Waals surface area (Å²) < 4.78 is 40.8. The van der Waals surface area contributed by atoms with E-state index in [-0.39, 0.29) is 11.3 Å². The molecule has 0 heterocycles. The fourth-order valence-corrected chi connectivity index (χ4v) is 1.19. The lowest BCUT2D eigenvalue weighted by Gasteiger charge is -2.16. The van der Waals surface area contributed by atoms with Crippen molar-refractivity contribution in [1.29, 1.82) is 0 Å². The Morgan fingerprint density at radius 1 is 1.44 bits per heavy atom. The fraction of sp³-hybridized carbons (Fsp3) is 0.364. The second kappa shape index (κ2) is 5.26. The highest BCUT2D eigenvalue weighted by Crippen LogP contribution is 2.24. The average molecular weight is 264 g/mol. The van der Waals surface area contributed by atoms with Gasteiger partial charge < -0.3 is 14.9 Å². The minimum atomic E-state index is -4.80. The Hall–Kier alpha value is -1.76. The molecule has 0 saturated carbocycles. The standard InChI is InChI=1S/C11H11F3O4/c1-6-2-3-7(10(16)17)8(4-6)18-5-9(15)11(12,13)14/h2-4,9,15H,5H2,1H3,(H,16,17). The van der Waals surface area contributed by atoms with Gasteiger partial charge in [0.1, 0.15) is 17.9 Å². The third kappa shape index (κ3) is 3.63. The Kier molecular flexibility index (Phi) is 4.18. The molecule has 2 N–H and O–H groups in total. The predicted octanol–water partition coefficient (Wildman–Crippen LogP) is 2.00. The van der Waals surface area contributed by atoms with Crippen molar-refractivity contribution in [3.8, 4) is 5.75 Å². The molecule has 0 saturated heterocycles. The number of halogens is 3. The van der Waals surface area contributed by atoms with Gasteiger partial charge in [-0.1, -0.05) is 6.07 Å². The highest BCUT2D eigenvalue weighted by atomic mass is 19.4. The summed E-state index contributed by atoms with van der Waals surface area (Å²) in [7, 11) is 0. The number of ether oxygens (including phenoxy) is 1. The molecule has 0 fully saturated rings. The summed E-state index contributed by atoms with van der Waals surface area (Å²) in [5.74, 6) is -1.52. The average Bonchev–Trinajstić information content (AvgIpc) is 2.24. The molecule has 0 bridgehead atoms. The molecule has 0 spiro atoms. The number of aliphatic hydroxyl groups is 1. The third-order valence-corrected chi connectivity index (χ3v) is 2.14. The van der Waals surface area contributed by atoms with Crippen LogP contribution in [0.5, 0.6) is 5.75 Å². The van der Waals surface area contributed by atoms with E-state index in [2.05, 4.69) is 0 Å².